The van der Waals surface area contributed by atoms with Crippen LogP contribution in [-0.4, -0.2) is 30.4 Å². The van der Waals surface area contributed by atoms with Gasteiger partial charge in [0.1, 0.15) is 5.69 Å². The van der Waals surface area contributed by atoms with Gasteiger partial charge in [-0.3, -0.25) is 4.79 Å². The third-order valence-corrected chi connectivity index (χ3v) is 5.94. The number of hydrogen-bond acceptors (Lipinski definition) is 4. The standard InChI is InChI=1S/C24H21N3O3S/c1-17-7-6-8-19(15-17)25-24(28)22-16-27(20-9-4-3-5-10-20)26-23(22)18-11-13-21(14-12-18)31(2,29)30/h3-16H,1-2H3,(H,25,28). The molecule has 0 aliphatic heterocycles. The van der Waals surface area contributed by atoms with E-state index in [0.717, 1.165) is 17.5 Å². The van der Waals surface area contributed by atoms with E-state index in [4.69, 9.17) is 0 Å². The van der Waals surface area contributed by atoms with Gasteiger partial charge in [0.05, 0.1) is 16.1 Å². The first-order valence-electron chi connectivity index (χ1n) is 9.65. The predicted molar refractivity (Wildman–Crippen MR) is 121 cm³/mol. The Kier molecular flexibility index (Phi) is 5.44. The van der Waals surface area contributed by atoms with E-state index in [1.165, 1.54) is 12.1 Å². The lowest BCUT2D eigenvalue weighted by atomic mass is 10.1. The van der Waals surface area contributed by atoms with Crippen molar-refractivity contribution < 1.29 is 13.2 Å². The second-order valence-electron chi connectivity index (χ2n) is 7.29. The van der Waals surface area contributed by atoms with Crippen LogP contribution in [0.2, 0.25) is 0 Å². The van der Waals surface area contributed by atoms with Crippen molar-refractivity contribution in [2.24, 2.45) is 0 Å². The van der Waals surface area contributed by atoms with Crippen LogP contribution in [-0.2, 0) is 9.84 Å². The first kappa shape index (κ1) is 20.6. The number of carbonyl (C=O) groups is 1. The van der Waals surface area contributed by atoms with Gasteiger partial charge in [-0.2, -0.15) is 5.10 Å². The number of anilines is 1. The van der Waals surface area contributed by atoms with E-state index in [-0.39, 0.29) is 10.8 Å². The number of nitrogens with one attached hydrogen (secondary N) is 1. The van der Waals surface area contributed by atoms with Crippen LogP contribution in [0.25, 0.3) is 16.9 Å². The molecule has 4 rings (SSSR count). The molecule has 0 saturated heterocycles. The summed E-state index contributed by atoms with van der Waals surface area (Å²) in [6, 6.07) is 23.4. The SMILES string of the molecule is Cc1cccc(NC(=O)c2cn(-c3ccccc3)nc2-c2ccc(S(C)(=O)=O)cc2)c1. The Morgan fingerprint density at radius 3 is 2.29 bits per heavy atom. The number of amides is 1. The molecule has 0 unspecified atom stereocenters. The van der Waals surface area contributed by atoms with Crippen molar-refractivity contribution in [2.75, 3.05) is 11.6 Å². The third kappa shape index (κ3) is 4.57. The average Bonchev–Trinajstić information content (AvgIpc) is 3.20. The van der Waals surface area contributed by atoms with E-state index in [2.05, 4.69) is 10.4 Å². The Labute approximate surface area is 181 Å². The second-order valence-corrected chi connectivity index (χ2v) is 9.31. The number of nitrogens with zero attached hydrogens (tertiary/aromatic N) is 2. The molecule has 31 heavy (non-hydrogen) atoms. The molecule has 0 aliphatic rings. The lowest BCUT2D eigenvalue weighted by Gasteiger charge is -2.07. The highest BCUT2D eigenvalue weighted by atomic mass is 32.2. The summed E-state index contributed by atoms with van der Waals surface area (Å²) in [6.45, 7) is 1.96. The molecule has 3 aromatic carbocycles. The maximum atomic E-state index is 13.1. The molecule has 0 spiro atoms. The number of aryl methyl sites for hydroxylation is 1. The number of rotatable bonds is 5. The summed E-state index contributed by atoms with van der Waals surface area (Å²) in [5.74, 6) is -0.296. The fourth-order valence-electron chi connectivity index (χ4n) is 3.25. The molecule has 1 aromatic heterocycles. The fourth-order valence-corrected chi connectivity index (χ4v) is 3.88. The molecule has 4 aromatic rings. The van der Waals surface area contributed by atoms with E-state index in [1.54, 1.807) is 23.0 Å². The van der Waals surface area contributed by atoms with E-state index >= 15 is 0 Å². The zero-order valence-electron chi connectivity index (χ0n) is 17.1. The van der Waals surface area contributed by atoms with Gasteiger partial charge in [0.25, 0.3) is 5.91 Å². The average molecular weight is 432 g/mol. The van der Waals surface area contributed by atoms with Crippen molar-refractivity contribution in [2.45, 2.75) is 11.8 Å². The number of para-hydroxylation sites is 1. The van der Waals surface area contributed by atoms with Crippen molar-refractivity contribution in [1.29, 1.82) is 0 Å². The lowest BCUT2D eigenvalue weighted by Crippen LogP contribution is -2.12. The zero-order chi connectivity index (χ0) is 22.0. The maximum Gasteiger partial charge on any atom is 0.259 e. The van der Waals surface area contributed by atoms with Gasteiger partial charge >= 0.3 is 0 Å². The molecule has 1 heterocycles. The molecule has 0 fully saturated rings. The minimum absolute atomic E-state index is 0.213. The Balaban J connectivity index is 1.77. The van der Waals surface area contributed by atoms with E-state index in [0.29, 0.717) is 22.5 Å². The minimum Gasteiger partial charge on any atom is -0.322 e. The summed E-state index contributed by atoms with van der Waals surface area (Å²) in [6.07, 6.45) is 2.84. The molecule has 0 saturated carbocycles. The van der Waals surface area contributed by atoms with Crippen LogP contribution in [0.15, 0.2) is 90.0 Å². The molecule has 0 aliphatic carbocycles. The number of aromatic nitrogens is 2. The number of sulfone groups is 1. The molecule has 7 heteroatoms. The largest absolute Gasteiger partial charge is 0.322 e. The van der Waals surface area contributed by atoms with Gasteiger partial charge in [0, 0.05) is 23.7 Å². The highest BCUT2D eigenvalue weighted by molar-refractivity contribution is 7.90. The quantitative estimate of drug-likeness (QED) is 0.504. The number of hydrogen-bond donors (Lipinski definition) is 1. The van der Waals surface area contributed by atoms with E-state index in [1.807, 2.05) is 61.5 Å². The smallest absolute Gasteiger partial charge is 0.259 e. The van der Waals surface area contributed by atoms with E-state index < -0.39 is 9.84 Å². The van der Waals surface area contributed by atoms with Crippen LogP contribution in [0.4, 0.5) is 5.69 Å². The summed E-state index contributed by atoms with van der Waals surface area (Å²) in [5, 5.41) is 7.55. The second kappa shape index (κ2) is 8.20. The molecule has 0 atom stereocenters. The highest BCUT2D eigenvalue weighted by Gasteiger charge is 2.19. The normalized spacial score (nSPS) is 11.3. The van der Waals surface area contributed by atoms with Crippen LogP contribution in [0.5, 0.6) is 0 Å². The first-order chi connectivity index (χ1) is 14.8. The molecule has 156 valence electrons. The van der Waals surface area contributed by atoms with Crippen LogP contribution in [0.1, 0.15) is 15.9 Å². The van der Waals surface area contributed by atoms with Gasteiger partial charge < -0.3 is 5.32 Å². The minimum atomic E-state index is -3.32. The Bertz CT molecular complexity index is 1340. The van der Waals surface area contributed by atoms with Gasteiger partial charge in [-0.1, -0.05) is 42.5 Å². The first-order valence-corrected chi connectivity index (χ1v) is 11.5. The molecule has 0 bridgehead atoms. The molecule has 6 nitrogen and oxygen atoms in total. The van der Waals surface area contributed by atoms with Crippen molar-refractivity contribution >= 4 is 21.4 Å². The molecular weight excluding hydrogens is 410 g/mol. The molecular formula is C24H21N3O3S. The summed E-state index contributed by atoms with van der Waals surface area (Å²) in [7, 11) is -3.32. The molecule has 1 N–H and O–H groups in total. The third-order valence-electron chi connectivity index (χ3n) is 4.81. The highest BCUT2D eigenvalue weighted by Crippen LogP contribution is 2.26. The Morgan fingerprint density at radius 1 is 0.935 bits per heavy atom. The summed E-state index contributed by atoms with van der Waals surface area (Å²) < 4.78 is 25.2. The Morgan fingerprint density at radius 2 is 1.65 bits per heavy atom. The predicted octanol–water partition coefficient (Wildman–Crippen LogP) is 4.50. The summed E-state index contributed by atoms with van der Waals surface area (Å²) in [5.41, 5.74) is 4.04. The van der Waals surface area contributed by atoms with Crippen molar-refractivity contribution in [1.82, 2.24) is 9.78 Å². The van der Waals surface area contributed by atoms with Crippen molar-refractivity contribution in [3.05, 3.63) is 96.2 Å². The Hall–Kier alpha value is -3.71. The summed E-state index contributed by atoms with van der Waals surface area (Å²) >= 11 is 0. The number of benzene rings is 3. The van der Waals surface area contributed by atoms with E-state index in [9.17, 15) is 13.2 Å². The monoisotopic (exact) mass is 431 g/mol. The van der Waals surface area contributed by atoms with Gasteiger partial charge in [-0.05, 0) is 48.9 Å². The molecule has 0 radical (unpaired) electrons. The van der Waals surface area contributed by atoms with Crippen LogP contribution >= 0.6 is 0 Å². The van der Waals surface area contributed by atoms with Crippen LogP contribution in [0.3, 0.4) is 0 Å². The fraction of sp³-hybridized carbons (Fsp3) is 0.0833. The van der Waals surface area contributed by atoms with Gasteiger partial charge in [0.2, 0.25) is 0 Å². The van der Waals surface area contributed by atoms with Crippen LogP contribution in [0, 0.1) is 6.92 Å². The van der Waals surface area contributed by atoms with Gasteiger partial charge in [0.15, 0.2) is 9.84 Å². The van der Waals surface area contributed by atoms with Crippen LogP contribution < -0.4 is 5.32 Å². The lowest BCUT2D eigenvalue weighted by molar-refractivity contribution is 0.102. The van der Waals surface area contributed by atoms with Gasteiger partial charge in [-0.15, -0.1) is 0 Å². The van der Waals surface area contributed by atoms with Gasteiger partial charge in [-0.25, -0.2) is 13.1 Å². The summed E-state index contributed by atoms with van der Waals surface area (Å²) in [4.78, 5) is 13.3. The topological polar surface area (TPSA) is 81.1 Å². The van der Waals surface area contributed by atoms with Crippen molar-refractivity contribution in [3.8, 4) is 16.9 Å². The van der Waals surface area contributed by atoms with Crippen molar-refractivity contribution in [3.63, 3.8) is 0 Å². The number of carbonyl (C=O) groups excluding carboxylic acids is 1. The zero-order valence-corrected chi connectivity index (χ0v) is 17.9. The maximum absolute atomic E-state index is 13.1. The molecule has 1 amide bonds.